The van der Waals surface area contributed by atoms with Gasteiger partial charge in [-0.2, -0.15) is 0 Å². The molecule has 2 heterocycles. The van der Waals surface area contributed by atoms with Crippen molar-refractivity contribution in [2.75, 3.05) is 13.2 Å². The van der Waals surface area contributed by atoms with Gasteiger partial charge < -0.3 is 23.7 Å². The summed E-state index contributed by atoms with van der Waals surface area (Å²) in [4.78, 5) is 0. The van der Waals surface area contributed by atoms with Crippen LogP contribution < -0.4 is 4.74 Å². The Morgan fingerprint density at radius 2 is 1.31 bits per heavy atom. The molecule has 2 fully saturated rings. The molecule has 0 N–H and O–H groups in total. The minimum Gasteiger partial charge on any atom is -0.493 e. The second-order valence-corrected chi connectivity index (χ2v) is 14.8. The summed E-state index contributed by atoms with van der Waals surface area (Å²) in [5.74, 6) is 1.69. The molecule has 2 aliphatic heterocycles. The first-order valence-corrected chi connectivity index (χ1v) is 19.1. The van der Waals surface area contributed by atoms with Crippen LogP contribution >= 0.6 is 0 Å². The first kappa shape index (κ1) is 34.8. The van der Waals surface area contributed by atoms with Gasteiger partial charge in [0.1, 0.15) is 18.0 Å². The van der Waals surface area contributed by atoms with E-state index in [1.807, 2.05) is 18.2 Å². The van der Waals surface area contributed by atoms with Crippen LogP contribution in [0.5, 0.6) is 5.75 Å². The summed E-state index contributed by atoms with van der Waals surface area (Å²) in [5.41, 5.74) is 10.0. The molecule has 0 spiro atoms. The molecule has 5 aromatic carbocycles. The Hall–Kier alpha value is -4.26. The zero-order valence-corrected chi connectivity index (χ0v) is 30.2. The molecule has 268 valence electrons. The van der Waals surface area contributed by atoms with Crippen molar-refractivity contribution in [2.24, 2.45) is 5.92 Å². The maximum absolute atomic E-state index is 7.16. The Bertz CT molecular complexity index is 1870. The van der Waals surface area contributed by atoms with E-state index in [0.29, 0.717) is 32.3 Å². The van der Waals surface area contributed by atoms with Crippen molar-refractivity contribution in [2.45, 2.75) is 89.2 Å². The zero-order valence-electron chi connectivity index (χ0n) is 30.2. The van der Waals surface area contributed by atoms with Crippen molar-refractivity contribution in [3.05, 3.63) is 172 Å². The maximum Gasteiger partial charge on any atom is 0.122 e. The summed E-state index contributed by atoms with van der Waals surface area (Å²) < 4.78 is 33.3. The van der Waals surface area contributed by atoms with E-state index in [1.54, 1.807) is 0 Å². The van der Waals surface area contributed by atoms with Crippen LogP contribution in [0.3, 0.4) is 0 Å². The summed E-state index contributed by atoms with van der Waals surface area (Å²) in [6, 6.07) is 45.0. The molecule has 5 aromatic rings. The standard InChI is InChI=1S/C47H50O5/c1-33-44(32-48-29-34-12-5-2-6-13-34)52-46(47(51-31-36-16-9-4-10-17-36)45(33)50-30-35-14-7-3-8-15-35)40-22-23-42(38-20-21-38)41(28-40)27-37-19-24-43-39(26-37)18-11-25-49-43/h2-10,12-17,19,22-24,26,28,33,38,44-47H,11,18,20-21,25,27,29-32H2,1H3/t33-,44-,45+,46?,47-/m1/s1. The molecule has 0 aromatic heterocycles. The quantitative estimate of drug-likeness (QED) is 0.116. The van der Waals surface area contributed by atoms with E-state index in [9.17, 15) is 0 Å². The lowest BCUT2D eigenvalue weighted by atomic mass is 9.84. The topological polar surface area (TPSA) is 46.2 Å². The van der Waals surface area contributed by atoms with Crippen LogP contribution in [0.15, 0.2) is 127 Å². The Labute approximate surface area is 308 Å². The minimum absolute atomic E-state index is 0.0273. The predicted octanol–water partition coefficient (Wildman–Crippen LogP) is 9.94. The molecule has 8 rings (SSSR count). The van der Waals surface area contributed by atoms with E-state index in [-0.39, 0.29) is 30.3 Å². The van der Waals surface area contributed by atoms with E-state index in [4.69, 9.17) is 23.7 Å². The summed E-state index contributed by atoms with van der Waals surface area (Å²) in [7, 11) is 0. The van der Waals surface area contributed by atoms with Crippen molar-refractivity contribution in [1.29, 1.82) is 0 Å². The van der Waals surface area contributed by atoms with Gasteiger partial charge in [0.05, 0.1) is 45.2 Å². The lowest BCUT2D eigenvalue weighted by Gasteiger charge is -2.46. The molecule has 5 atom stereocenters. The largest absolute Gasteiger partial charge is 0.493 e. The highest BCUT2D eigenvalue weighted by Crippen LogP contribution is 2.45. The Balaban J connectivity index is 1.12. The highest BCUT2D eigenvalue weighted by molar-refractivity contribution is 5.44. The first-order chi connectivity index (χ1) is 25.7. The lowest BCUT2D eigenvalue weighted by Crippen LogP contribution is -2.53. The number of fused-ring (bicyclic) bond motifs is 1. The number of hydrogen-bond acceptors (Lipinski definition) is 5. The Morgan fingerprint density at radius 3 is 1.98 bits per heavy atom. The second kappa shape index (κ2) is 16.6. The van der Waals surface area contributed by atoms with Gasteiger partial charge in [0.25, 0.3) is 0 Å². The molecule has 0 amide bonds. The SMILES string of the molecule is C[C@H]1[C@H](OCc2ccccc2)[C@@H](OCc2ccccc2)C(c2ccc(C3CC3)c(Cc3ccc4c(c3)CCCO4)c2)O[C@@H]1COCc1ccccc1. The van der Waals surface area contributed by atoms with Crippen molar-refractivity contribution < 1.29 is 23.7 Å². The van der Waals surface area contributed by atoms with Crippen LogP contribution in [0, 0.1) is 5.92 Å². The average Bonchev–Trinajstić information content (AvgIpc) is 4.04. The molecule has 0 bridgehead atoms. The molecule has 0 radical (unpaired) electrons. The first-order valence-electron chi connectivity index (χ1n) is 19.1. The highest BCUT2D eigenvalue weighted by atomic mass is 16.6. The smallest absolute Gasteiger partial charge is 0.122 e. The van der Waals surface area contributed by atoms with Crippen molar-refractivity contribution in [3.8, 4) is 5.75 Å². The van der Waals surface area contributed by atoms with Gasteiger partial charge >= 0.3 is 0 Å². The van der Waals surface area contributed by atoms with E-state index >= 15 is 0 Å². The third-order valence-corrected chi connectivity index (χ3v) is 10.9. The van der Waals surface area contributed by atoms with E-state index < -0.39 is 0 Å². The van der Waals surface area contributed by atoms with Crippen molar-refractivity contribution in [3.63, 3.8) is 0 Å². The van der Waals surface area contributed by atoms with Crippen LogP contribution in [0.1, 0.15) is 82.7 Å². The zero-order chi connectivity index (χ0) is 35.1. The molecule has 1 unspecified atom stereocenters. The predicted molar refractivity (Wildman–Crippen MR) is 204 cm³/mol. The summed E-state index contributed by atoms with van der Waals surface area (Å²) in [6.07, 6.45) is 4.46. The van der Waals surface area contributed by atoms with Gasteiger partial charge in [-0.05, 0) is 88.6 Å². The molecule has 1 saturated carbocycles. The van der Waals surface area contributed by atoms with Crippen LogP contribution in [-0.4, -0.2) is 31.5 Å². The molecule has 5 nitrogen and oxygen atoms in total. The van der Waals surface area contributed by atoms with Gasteiger partial charge in [-0.3, -0.25) is 0 Å². The third-order valence-electron chi connectivity index (χ3n) is 10.9. The monoisotopic (exact) mass is 694 g/mol. The minimum atomic E-state index is -0.338. The van der Waals surface area contributed by atoms with Crippen molar-refractivity contribution >= 4 is 0 Å². The van der Waals surface area contributed by atoms with E-state index in [0.717, 1.165) is 53.9 Å². The number of ether oxygens (including phenoxy) is 5. The van der Waals surface area contributed by atoms with Gasteiger partial charge in [-0.1, -0.05) is 128 Å². The number of rotatable bonds is 14. The normalized spacial score (nSPS) is 22.8. The molecule has 3 aliphatic rings. The highest BCUT2D eigenvalue weighted by Gasteiger charge is 2.46. The lowest BCUT2D eigenvalue weighted by molar-refractivity contribution is -0.243. The summed E-state index contributed by atoms with van der Waals surface area (Å²) in [5, 5.41) is 0. The Kier molecular flexibility index (Phi) is 11.1. The van der Waals surface area contributed by atoms with Gasteiger partial charge in [-0.25, -0.2) is 0 Å². The summed E-state index contributed by atoms with van der Waals surface area (Å²) in [6.45, 7) is 5.01. The number of aryl methyl sites for hydroxylation is 1. The Morgan fingerprint density at radius 1 is 0.654 bits per heavy atom. The van der Waals surface area contributed by atoms with Crippen LogP contribution in [0.25, 0.3) is 0 Å². The summed E-state index contributed by atoms with van der Waals surface area (Å²) >= 11 is 0. The number of hydrogen-bond donors (Lipinski definition) is 0. The van der Waals surface area contributed by atoms with Crippen LogP contribution in [0.2, 0.25) is 0 Å². The van der Waals surface area contributed by atoms with Crippen molar-refractivity contribution in [1.82, 2.24) is 0 Å². The molecule has 1 aliphatic carbocycles. The fourth-order valence-corrected chi connectivity index (χ4v) is 7.85. The fourth-order valence-electron chi connectivity index (χ4n) is 7.85. The molecule has 5 heteroatoms. The van der Waals surface area contributed by atoms with E-state index in [1.165, 1.54) is 35.1 Å². The van der Waals surface area contributed by atoms with Gasteiger partial charge in [0.15, 0.2) is 0 Å². The maximum atomic E-state index is 7.16. The number of benzene rings is 5. The van der Waals surface area contributed by atoms with Gasteiger partial charge in [0.2, 0.25) is 0 Å². The molecular weight excluding hydrogens is 645 g/mol. The third kappa shape index (κ3) is 8.51. The van der Waals surface area contributed by atoms with Crippen LogP contribution in [0.4, 0.5) is 0 Å². The average molecular weight is 695 g/mol. The second-order valence-electron chi connectivity index (χ2n) is 14.8. The van der Waals surface area contributed by atoms with E-state index in [2.05, 4.69) is 116 Å². The van der Waals surface area contributed by atoms with Crippen LogP contribution in [-0.2, 0) is 51.6 Å². The van der Waals surface area contributed by atoms with Gasteiger partial charge in [-0.15, -0.1) is 0 Å². The molecule has 52 heavy (non-hydrogen) atoms. The molecule has 1 saturated heterocycles. The fraction of sp³-hybridized carbons (Fsp3) is 0.362. The van der Waals surface area contributed by atoms with Gasteiger partial charge in [0, 0.05) is 5.92 Å². The molecular formula is C47H50O5.